The molecule has 1 aromatic rings. The zero-order valence-electron chi connectivity index (χ0n) is 11.2. The molecule has 0 saturated heterocycles. The Morgan fingerprint density at radius 3 is 2.44 bits per heavy atom. The second kappa shape index (κ2) is 5.51. The highest BCUT2D eigenvalue weighted by Crippen LogP contribution is 2.23. The Hall–Kier alpha value is -1.37. The van der Waals surface area contributed by atoms with Gasteiger partial charge in [-0.1, -0.05) is 31.2 Å². The van der Waals surface area contributed by atoms with Crippen LogP contribution in [0.4, 0.5) is 0 Å². The normalized spacial score (nSPS) is 18.1. The average molecular weight is 243 g/mol. The maximum atomic E-state index is 9.23. The lowest BCUT2D eigenvalue weighted by Gasteiger charge is -2.25. The van der Waals surface area contributed by atoms with Crippen molar-refractivity contribution in [3.05, 3.63) is 35.4 Å². The van der Waals surface area contributed by atoms with E-state index in [0.717, 1.165) is 32.6 Å². The molecule has 1 aromatic carbocycles. The van der Waals surface area contributed by atoms with E-state index in [2.05, 4.69) is 40.6 Å². The molecule has 0 spiro atoms. The van der Waals surface area contributed by atoms with E-state index in [1.54, 1.807) is 0 Å². The van der Waals surface area contributed by atoms with Gasteiger partial charge in [0, 0.05) is 19.6 Å². The van der Waals surface area contributed by atoms with Gasteiger partial charge >= 0.3 is 0 Å². The monoisotopic (exact) mass is 243 g/mol. The lowest BCUT2D eigenvalue weighted by Crippen LogP contribution is -2.43. The fourth-order valence-corrected chi connectivity index (χ4v) is 2.52. The summed E-state index contributed by atoms with van der Waals surface area (Å²) in [4.78, 5) is 2.41. The summed E-state index contributed by atoms with van der Waals surface area (Å²) in [6.45, 7) is 7.87. The van der Waals surface area contributed by atoms with E-state index < -0.39 is 5.54 Å². The lowest BCUT2D eigenvalue weighted by atomic mass is 9.99. The molecule has 1 heterocycles. The Morgan fingerprint density at radius 2 is 1.94 bits per heavy atom. The van der Waals surface area contributed by atoms with E-state index in [0.29, 0.717) is 0 Å². The van der Waals surface area contributed by atoms with E-state index in [4.69, 9.17) is 0 Å². The number of benzene rings is 1. The number of nitrogens with one attached hydrogen (secondary N) is 1. The van der Waals surface area contributed by atoms with E-state index in [1.807, 2.05) is 13.8 Å². The second-order valence-corrected chi connectivity index (χ2v) is 5.20. The highest BCUT2D eigenvalue weighted by atomic mass is 15.1. The molecule has 1 aliphatic heterocycles. The molecule has 1 unspecified atom stereocenters. The standard InChI is InChI=1S/C15H21N3/c1-3-17-15(2,12-16)8-9-18-10-13-6-4-5-7-14(13)11-18/h4-7,17H,3,8-11H2,1-2H3. The molecule has 18 heavy (non-hydrogen) atoms. The fourth-order valence-electron chi connectivity index (χ4n) is 2.52. The number of nitrogens with zero attached hydrogens (tertiary/aromatic N) is 2. The van der Waals surface area contributed by atoms with Crippen LogP contribution in [0.2, 0.25) is 0 Å². The predicted molar refractivity (Wildman–Crippen MR) is 72.9 cm³/mol. The molecular formula is C15H21N3. The summed E-state index contributed by atoms with van der Waals surface area (Å²) >= 11 is 0. The third-order valence-electron chi connectivity index (χ3n) is 3.65. The Kier molecular flexibility index (Phi) is 4.00. The molecule has 1 N–H and O–H groups in total. The van der Waals surface area contributed by atoms with Crippen LogP contribution in [0.15, 0.2) is 24.3 Å². The van der Waals surface area contributed by atoms with Crippen molar-refractivity contribution in [2.75, 3.05) is 13.1 Å². The number of hydrogen-bond donors (Lipinski definition) is 1. The molecule has 0 amide bonds. The highest BCUT2D eigenvalue weighted by Gasteiger charge is 2.25. The SMILES string of the molecule is CCNC(C)(C#N)CCN1Cc2ccccc2C1. The molecule has 1 aliphatic rings. The van der Waals surface area contributed by atoms with Gasteiger partial charge in [0.1, 0.15) is 5.54 Å². The third-order valence-corrected chi connectivity index (χ3v) is 3.65. The second-order valence-electron chi connectivity index (χ2n) is 5.20. The molecule has 1 atom stereocenters. The van der Waals surface area contributed by atoms with E-state index in [1.165, 1.54) is 11.1 Å². The van der Waals surface area contributed by atoms with Crippen LogP contribution < -0.4 is 5.32 Å². The highest BCUT2D eigenvalue weighted by molar-refractivity contribution is 5.30. The van der Waals surface area contributed by atoms with Gasteiger partial charge in [0.25, 0.3) is 0 Å². The predicted octanol–water partition coefficient (Wildman–Crippen LogP) is 2.28. The Morgan fingerprint density at radius 1 is 1.33 bits per heavy atom. The van der Waals surface area contributed by atoms with Crippen molar-refractivity contribution in [2.24, 2.45) is 0 Å². The number of rotatable bonds is 5. The minimum absolute atomic E-state index is 0.399. The van der Waals surface area contributed by atoms with Crippen molar-refractivity contribution in [3.8, 4) is 6.07 Å². The van der Waals surface area contributed by atoms with Crippen LogP contribution in [0.1, 0.15) is 31.4 Å². The van der Waals surface area contributed by atoms with Gasteiger partial charge < -0.3 is 0 Å². The quantitative estimate of drug-likeness (QED) is 0.862. The van der Waals surface area contributed by atoms with Crippen molar-refractivity contribution in [1.82, 2.24) is 10.2 Å². The molecule has 0 fully saturated rings. The molecule has 96 valence electrons. The van der Waals surface area contributed by atoms with Crippen molar-refractivity contribution >= 4 is 0 Å². The summed E-state index contributed by atoms with van der Waals surface area (Å²) < 4.78 is 0. The fraction of sp³-hybridized carbons (Fsp3) is 0.533. The van der Waals surface area contributed by atoms with Gasteiger partial charge in [-0.15, -0.1) is 0 Å². The molecule has 0 saturated carbocycles. The van der Waals surface area contributed by atoms with Crippen molar-refractivity contribution in [1.29, 1.82) is 5.26 Å². The lowest BCUT2D eigenvalue weighted by molar-refractivity contribution is 0.251. The van der Waals surface area contributed by atoms with Crippen LogP contribution in [0.3, 0.4) is 0 Å². The first-order chi connectivity index (χ1) is 8.67. The number of fused-ring (bicyclic) bond motifs is 1. The first-order valence-corrected chi connectivity index (χ1v) is 6.62. The van der Waals surface area contributed by atoms with Gasteiger partial charge in [-0.25, -0.2) is 0 Å². The van der Waals surface area contributed by atoms with E-state index >= 15 is 0 Å². The summed E-state index contributed by atoms with van der Waals surface area (Å²) in [7, 11) is 0. The Balaban J connectivity index is 1.89. The molecule has 0 aromatic heterocycles. The van der Waals surface area contributed by atoms with Crippen molar-refractivity contribution in [2.45, 2.75) is 38.9 Å². The first-order valence-electron chi connectivity index (χ1n) is 6.62. The zero-order valence-corrected chi connectivity index (χ0v) is 11.2. The van der Waals surface area contributed by atoms with Gasteiger partial charge in [-0.05, 0) is 31.0 Å². The van der Waals surface area contributed by atoms with Crippen LogP contribution in [0, 0.1) is 11.3 Å². The maximum absolute atomic E-state index is 9.23. The van der Waals surface area contributed by atoms with Crippen LogP contribution in [0.5, 0.6) is 0 Å². The largest absolute Gasteiger partial charge is 0.300 e. The Labute approximate surface area is 109 Å². The summed E-state index contributed by atoms with van der Waals surface area (Å²) in [5, 5.41) is 12.5. The molecule has 3 heteroatoms. The molecule has 3 nitrogen and oxygen atoms in total. The van der Waals surface area contributed by atoms with E-state index in [-0.39, 0.29) is 0 Å². The minimum Gasteiger partial charge on any atom is -0.300 e. The van der Waals surface area contributed by atoms with Gasteiger partial charge in [-0.2, -0.15) is 5.26 Å². The van der Waals surface area contributed by atoms with Crippen LogP contribution in [-0.4, -0.2) is 23.5 Å². The summed E-state index contributed by atoms with van der Waals surface area (Å²) in [5.74, 6) is 0. The van der Waals surface area contributed by atoms with Gasteiger partial charge in [0.05, 0.1) is 6.07 Å². The first kappa shape index (κ1) is 13.1. The van der Waals surface area contributed by atoms with Crippen LogP contribution in [0.25, 0.3) is 0 Å². The van der Waals surface area contributed by atoms with E-state index in [9.17, 15) is 5.26 Å². The molecular weight excluding hydrogens is 222 g/mol. The van der Waals surface area contributed by atoms with Crippen LogP contribution >= 0.6 is 0 Å². The molecule has 0 bridgehead atoms. The molecule has 0 aliphatic carbocycles. The molecule has 2 rings (SSSR count). The summed E-state index contributed by atoms with van der Waals surface area (Å²) in [6.07, 6.45) is 0.866. The van der Waals surface area contributed by atoms with Crippen molar-refractivity contribution in [3.63, 3.8) is 0 Å². The average Bonchev–Trinajstić information content (AvgIpc) is 2.79. The summed E-state index contributed by atoms with van der Waals surface area (Å²) in [5.41, 5.74) is 2.46. The smallest absolute Gasteiger partial charge is 0.105 e. The Bertz CT molecular complexity index is 424. The van der Waals surface area contributed by atoms with Crippen LogP contribution in [-0.2, 0) is 13.1 Å². The van der Waals surface area contributed by atoms with Gasteiger partial charge in [0.15, 0.2) is 0 Å². The third kappa shape index (κ3) is 2.90. The number of hydrogen-bond acceptors (Lipinski definition) is 3. The van der Waals surface area contributed by atoms with Gasteiger partial charge in [0.2, 0.25) is 0 Å². The minimum atomic E-state index is -0.399. The van der Waals surface area contributed by atoms with Gasteiger partial charge in [-0.3, -0.25) is 10.2 Å². The number of nitriles is 1. The van der Waals surface area contributed by atoms with Crippen molar-refractivity contribution < 1.29 is 0 Å². The topological polar surface area (TPSA) is 39.1 Å². The maximum Gasteiger partial charge on any atom is 0.105 e. The zero-order chi connectivity index (χ0) is 13.0. The summed E-state index contributed by atoms with van der Waals surface area (Å²) in [6, 6.07) is 11.0. The molecule has 0 radical (unpaired) electrons.